The summed E-state index contributed by atoms with van der Waals surface area (Å²) in [6.45, 7) is 5.51. The van der Waals surface area contributed by atoms with Crippen molar-refractivity contribution in [3.8, 4) is 17.1 Å². The summed E-state index contributed by atoms with van der Waals surface area (Å²) in [6, 6.07) is 2.73. The first-order valence-corrected chi connectivity index (χ1v) is 8.24. The molecular formula is C18H19F4N3O3. The van der Waals surface area contributed by atoms with Gasteiger partial charge < -0.3 is 9.47 Å². The molecule has 0 aliphatic rings. The fraction of sp³-hybridized carbons (Fsp3) is 0.389. The topological polar surface area (TPSA) is 66.2 Å². The number of hydrogen-bond donors (Lipinski definition) is 0. The van der Waals surface area contributed by atoms with Crippen LogP contribution < -0.4 is 4.74 Å². The van der Waals surface area contributed by atoms with Crippen molar-refractivity contribution < 1.29 is 31.8 Å². The van der Waals surface area contributed by atoms with Crippen molar-refractivity contribution in [3.63, 3.8) is 0 Å². The van der Waals surface area contributed by atoms with Crippen LogP contribution in [-0.2, 0) is 15.7 Å². The molecule has 1 heterocycles. The van der Waals surface area contributed by atoms with Crippen molar-refractivity contribution in [3.05, 3.63) is 36.2 Å². The SMILES string of the molecule is CC(C)OC(=O)/C=C\n1cnc(-c2cc(OC(C)(C)F)cc(C(F)(F)F)c2)n1. The predicted molar refractivity (Wildman–Crippen MR) is 92.8 cm³/mol. The Bertz CT molecular complexity index is 868. The number of benzene rings is 1. The van der Waals surface area contributed by atoms with Crippen LogP contribution in [0.5, 0.6) is 5.75 Å². The molecule has 0 saturated carbocycles. The molecule has 1 aromatic carbocycles. The summed E-state index contributed by atoms with van der Waals surface area (Å²) in [5.41, 5.74) is -1.05. The largest absolute Gasteiger partial charge is 0.460 e. The second-order valence-electron chi connectivity index (χ2n) is 6.56. The summed E-state index contributed by atoms with van der Waals surface area (Å²) < 4.78 is 64.2. The van der Waals surface area contributed by atoms with E-state index in [4.69, 9.17) is 9.47 Å². The number of alkyl halides is 4. The number of rotatable bonds is 6. The van der Waals surface area contributed by atoms with Gasteiger partial charge in [-0.1, -0.05) is 0 Å². The number of aromatic nitrogens is 3. The lowest BCUT2D eigenvalue weighted by molar-refractivity contribution is -0.141. The van der Waals surface area contributed by atoms with E-state index in [2.05, 4.69) is 10.1 Å². The van der Waals surface area contributed by atoms with Crippen LogP contribution in [0.4, 0.5) is 17.6 Å². The summed E-state index contributed by atoms with van der Waals surface area (Å²) in [6.07, 6.45) is -1.42. The molecule has 0 fully saturated rings. The molecule has 152 valence electrons. The Morgan fingerprint density at radius 1 is 1.18 bits per heavy atom. The molecular weight excluding hydrogens is 382 g/mol. The van der Waals surface area contributed by atoms with E-state index < -0.39 is 23.6 Å². The van der Waals surface area contributed by atoms with Gasteiger partial charge in [-0.05, 0) is 32.0 Å². The van der Waals surface area contributed by atoms with Crippen molar-refractivity contribution in [1.29, 1.82) is 0 Å². The second kappa shape index (κ2) is 7.99. The highest BCUT2D eigenvalue weighted by Crippen LogP contribution is 2.36. The average Bonchev–Trinajstić information content (AvgIpc) is 2.98. The van der Waals surface area contributed by atoms with Crippen LogP contribution in [-0.4, -0.2) is 32.7 Å². The van der Waals surface area contributed by atoms with E-state index in [0.29, 0.717) is 6.07 Å². The van der Waals surface area contributed by atoms with Crippen LogP contribution in [0.15, 0.2) is 30.6 Å². The minimum Gasteiger partial charge on any atom is -0.460 e. The van der Waals surface area contributed by atoms with E-state index in [9.17, 15) is 22.4 Å². The Hall–Kier alpha value is -2.91. The van der Waals surface area contributed by atoms with Crippen LogP contribution in [0.25, 0.3) is 17.6 Å². The van der Waals surface area contributed by atoms with Gasteiger partial charge in [-0.3, -0.25) is 0 Å². The zero-order chi connectivity index (χ0) is 21.1. The van der Waals surface area contributed by atoms with Gasteiger partial charge in [0, 0.05) is 31.7 Å². The molecule has 0 aliphatic heterocycles. The van der Waals surface area contributed by atoms with Crippen LogP contribution in [0.3, 0.4) is 0 Å². The molecule has 0 bridgehead atoms. The molecule has 10 heteroatoms. The standard InChI is InChI=1S/C18H19F4N3O3/c1-11(2)27-15(26)5-6-25-10-23-16(24-25)12-7-13(18(20,21)22)9-14(8-12)28-17(3,4)19/h5-11H,1-4H3/b6-5-. The molecule has 2 aromatic rings. The lowest BCUT2D eigenvalue weighted by atomic mass is 10.1. The normalized spacial score (nSPS) is 12.6. The quantitative estimate of drug-likeness (QED) is 0.406. The van der Waals surface area contributed by atoms with Crippen LogP contribution in [0.2, 0.25) is 0 Å². The van der Waals surface area contributed by atoms with Gasteiger partial charge in [0.15, 0.2) is 5.82 Å². The van der Waals surface area contributed by atoms with Gasteiger partial charge in [-0.25, -0.2) is 14.5 Å². The van der Waals surface area contributed by atoms with Crippen molar-refractivity contribution >= 4 is 12.2 Å². The highest BCUT2D eigenvalue weighted by Gasteiger charge is 2.32. The highest BCUT2D eigenvalue weighted by molar-refractivity contribution is 5.85. The van der Waals surface area contributed by atoms with Crippen LogP contribution >= 0.6 is 0 Å². The van der Waals surface area contributed by atoms with Crippen LogP contribution in [0.1, 0.15) is 33.3 Å². The minimum atomic E-state index is -4.67. The minimum absolute atomic E-state index is 0.0222. The second-order valence-corrected chi connectivity index (χ2v) is 6.56. The molecule has 0 N–H and O–H groups in total. The Morgan fingerprint density at radius 3 is 2.43 bits per heavy atom. The van der Waals surface area contributed by atoms with Gasteiger partial charge in [0.25, 0.3) is 0 Å². The fourth-order valence-electron chi connectivity index (χ4n) is 2.12. The number of hydrogen-bond acceptors (Lipinski definition) is 5. The molecule has 0 amide bonds. The van der Waals surface area contributed by atoms with Crippen molar-refractivity contribution in [2.45, 2.75) is 45.8 Å². The number of carbonyl (C=O) groups is 1. The third-order valence-electron chi connectivity index (χ3n) is 3.08. The summed E-state index contributed by atoms with van der Waals surface area (Å²) >= 11 is 0. The maximum absolute atomic E-state index is 13.7. The lowest BCUT2D eigenvalue weighted by Gasteiger charge is -2.19. The molecule has 0 radical (unpaired) electrons. The van der Waals surface area contributed by atoms with E-state index in [1.54, 1.807) is 13.8 Å². The maximum atomic E-state index is 13.7. The van der Waals surface area contributed by atoms with Crippen LogP contribution in [0, 0.1) is 0 Å². The number of esters is 1. The third-order valence-corrected chi connectivity index (χ3v) is 3.08. The number of ether oxygens (including phenoxy) is 2. The molecule has 2 rings (SSSR count). The first-order chi connectivity index (χ1) is 12.8. The third kappa shape index (κ3) is 6.36. The average molecular weight is 401 g/mol. The first kappa shape index (κ1) is 21.4. The monoisotopic (exact) mass is 401 g/mol. The molecule has 0 aliphatic carbocycles. The van der Waals surface area contributed by atoms with Gasteiger partial charge in [-0.15, -0.1) is 5.10 Å². The maximum Gasteiger partial charge on any atom is 0.416 e. The molecule has 0 unspecified atom stereocenters. The summed E-state index contributed by atoms with van der Waals surface area (Å²) in [4.78, 5) is 15.4. The van der Waals surface area contributed by atoms with E-state index in [-0.39, 0.29) is 23.2 Å². The van der Waals surface area contributed by atoms with Crippen molar-refractivity contribution in [2.75, 3.05) is 0 Å². The summed E-state index contributed by atoms with van der Waals surface area (Å²) in [5, 5.41) is 3.99. The molecule has 0 atom stereocenters. The fourth-order valence-corrected chi connectivity index (χ4v) is 2.12. The van der Waals surface area contributed by atoms with Crippen molar-refractivity contribution in [2.24, 2.45) is 0 Å². The Labute approximate surface area is 158 Å². The Morgan fingerprint density at radius 2 is 1.86 bits per heavy atom. The zero-order valence-electron chi connectivity index (χ0n) is 15.6. The van der Waals surface area contributed by atoms with Gasteiger partial charge >= 0.3 is 12.1 Å². The van der Waals surface area contributed by atoms with Crippen molar-refractivity contribution in [1.82, 2.24) is 14.8 Å². The molecule has 28 heavy (non-hydrogen) atoms. The summed E-state index contributed by atoms with van der Waals surface area (Å²) in [7, 11) is 0. The number of carbonyl (C=O) groups excluding carboxylic acids is 1. The Kier molecular flexibility index (Phi) is 6.10. The van der Waals surface area contributed by atoms with E-state index >= 15 is 0 Å². The molecule has 6 nitrogen and oxygen atoms in total. The van der Waals surface area contributed by atoms with E-state index in [0.717, 1.165) is 30.7 Å². The van der Waals surface area contributed by atoms with Gasteiger partial charge in [0.1, 0.15) is 12.1 Å². The molecule has 1 aromatic heterocycles. The smallest absolute Gasteiger partial charge is 0.416 e. The number of halogens is 4. The van der Waals surface area contributed by atoms with Gasteiger partial charge in [-0.2, -0.15) is 17.6 Å². The van der Waals surface area contributed by atoms with Gasteiger partial charge in [0.2, 0.25) is 5.85 Å². The lowest BCUT2D eigenvalue weighted by Crippen LogP contribution is -2.21. The van der Waals surface area contributed by atoms with E-state index in [1.807, 2.05) is 0 Å². The van der Waals surface area contributed by atoms with E-state index in [1.165, 1.54) is 18.6 Å². The predicted octanol–water partition coefficient (Wildman–Crippen LogP) is 4.47. The molecule has 0 spiro atoms. The highest BCUT2D eigenvalue weighted by atomic mass is 19.4. The molecule has 0 saturated heterocycles. The number of nitrogens with zero attached hydrogens (tertiary/aromatic N) is 3. The zero-order valence-corrected chi connectivity index (χ0v) is 15.6. The first-order valence-electron chi connectivity index (χ1n) is 8.24. The van der Waals surface area contributed by atoms with Gasteiger partial charge in [0.05, 0.1) is 11.7 Å². The summed E-state index contributed by atoms with van der Waals surface area (Å²) in [5.74, 6) is -3.15. The Balaban J connectivity index is 2.34.